The topological polar surface area (TPSA) is 3.24 Å². The van der Waals surface area contributed by atoms with Crippen molar-refractivity contribution in [2.75, 3.05) is 4.90 Å². The van der Waals surface area contributed by atoms with Crippen LogP contribution >= 0.6 is 0 Å². The van der Waals surface area contributed by atoms with E-state index in [1.807, 2.05) is 0 Å². The molecule has 0 fully saturated rings. The Morgan fingerprint density at radius 2 is 0.947 bits per heavy atom. The minimum absolute atomic E-state index is 0.0795. The average Bonchev–Trinajstić information content (AvgIpc) is 3.24. The van der Waals surface area contributed by atoms with E-state index in [0.717, 1.165) is 12.8 Å². The van der Waals surface area contributed by atoms with Gasteiger partial charge in [0.05, 0.1) is 0 Å². The molecule has 1 nitrogen and oxygen atoms in total. The second-order valence-corrected chi connectivity index (χ2v) is 17.7. The Hall–Kier alpha value is -6.18. The zero-order valence-corrected chi connectivity index (χ0v) is 34.1. The van der Waals surface area contributed by atoms with Crippen molar-refractivity contribution in [3.8, 4) is 33.4 Å². The lowest BCUT2D eigenvalue weighted by Gasteiger charge is -2.33. The molecule has 0 saturated carbocycles. The smallest absolute Gasteiger partial charge is 0.0465 e. The molecule has 0 spiro atoms. The first-order valence-corrected chi connectivity index (χ1v) is 20.5. The molecule has 0 radical (unpaired) electrons. The fraction of sp³-hybridized carbons (Fsp3) is 0.179. The van der Waals surface area contributed by atoms with Crippen LogP contribution in [0.5, 0.6) is 0 Å². The molecule has 9 rings (SSSR count). The van der Waals surface area contributed by atoms with Crippen LogP contribution in [0.2, 0.25) is 0 Å². The number of fused-ring (bicyclic) bond motifs is 6. The highest BCUT2D eigenvalue weighted by atomic mass is 15.1. The molecule has 0 bridgehead atoms. The molecule has 0 unspecified atom stereocenters. The van der Waals surface area contributed by atoms with Crippen molar-refractivity contribution in [3.05, 3.63) is 193 Å². The van der Waals surface area contributed by atoms with Crippen LogP contribution in [-0.2, 0) is 5.41 Å². The highest BCUT2D eigenvalue weighted by Crippen LogP contribution is 2.50. The Morgan fingerprint density at radius 1 is 0.404 bits per heavy atom. The van der Waals surface area contributed by atoms with Crippen LogP contribution in [0.4, 0.5) is 11.4 Å². The van der Waals surface area contributed by atoms with Crippen molar-refractivity contribution in [2.24, 2.45) is 5.41 Å². The first kappa shape index (κ1) is 36.5. The number of hydrogen-bond donors (Lipinski definition) is 0. The molecule has 8 aromatic rings. The normalized spacial score (nSPS) is 13.5. The minimum Gasteiger partial charge on any atom is -0.314 e. The maximum atomic E-state index is 2.51. The van der Waals surface area contributed by atoms with Crippen LogP contribution < -0.4 is 4.90 Å². The van der Waals surface area contributed by atoms with Gasteiger partial charge in [-0.3, -0.25) is 0 Å². The standard InChI is InChI=1S/C56H51N/c1-55(2,3)41-26-30-43(31-27-41)57(44-32-28-42(29-33-44)56(4,5)6)45-34-35-48-51(36-45)46-24-16-17-25-47(46)54-52(40-22-14-9-15-23-40)49(38-18-10-7-11-19-38)37-50(53(48)54)39-20-12-8-13-21-39/h7-28,30-32,34-37H,29,33H2,1-6H3. The zero-order chi connectivity index (χ0) is 39.3. The van der Waals surface area contributed by atoms with E-state index in [9.17, 15) is 0 Å². The van der Waals surface area contributed by atoms with Gasteiger partial charge in [-0.05, 0) is 131 Å². The van der Waals surface area contributed by atoms with Gasteiger partial charge in [0, 0.05) is 17.1 Å². The van der Waals surface area contributed by atoms with Crippen LogP contribution in [0.1, 0.15) is 59.9 Å². The van der Waals surface area contributed by atoms with E-state index >= 15 is 0 Å². The molecule has 1 heteroatoms. The molecule has 8 aromatic carbocycles. The highest BCUT2D eigenvalue weighted by Gasteiger charge is 2.26. The monoisotopic (exact) mass is 737 g/mol. The molecular weight excluding hydrogens is 687 g/mol. The summed E-state index contributed by atoms with van der Waals surface area (Å²) in [5.41, 5.74) is 14.2. The van der Waals surface area contributed by atoms with Crippen molar-refractivity contribution >= 4 is 43.7 Å². The first-order chi connectivity index (χ1) is 27.6. The maximum Gasteiger partial charge on any atom is 0.0465 e. The summed E-state index contributed by atoms with van der Waals surface area (Å²) in [4.78, 5) is 2.51. The summed E-state index contributed by atoms with van der Waals surface area (Å²) >= 11 is 0. The van der Waals surface area contributed by atoms with Gasteiger partial charge in [-0.1, -0.05) is 187 Å². The number of nitrogens with zero attached hydrogens (tertiary/aromatic N) is 1. The Balaban J connectivity index is 1.38. The summed E-state index contributed by atoms with van der Waals surface area (Å²) in [6.45, 7) is 13.9. The van der Waals surface area contributed by atoms with E-state index in [1.165, 1.54) is 93.9 Å². The molecule has 1 aliphatic carbocycles. The van der Waals surface area contributed by atoms with E-state index in [-0.39, 0.29) is 10.8 Å². The zero-order valence-electron chi connectivity index (χ0n) is 34.1. The van der Waals surface area contributed by atoms with Gasteiger partial charge in [0.15, 0.2) is 0 Å². The fourth-order valence-electron chi connectivity index (χ4n) is 8.90. The van der Waals surface area contributed by atoms with Crippen molar-refractivity contribution < 1.29 is 0 Å². The van der Waals surface area contributed by atoms with Crippen molar-refractivity contribution in [3.63, 3.8) is 0 Å². The summed E-state index contributed by atoms with van der Waals surface area (Å²) in [5.74, 6) is 0. The van der Waals surface area contributed by atoms with Crippen LogP contribution in [-0.4, -0.2) is 0 Å². The number of allylic oxidation sites excluding steroid dienone is 4. The van der Waals surface area contributed by atoms with Gasteiger partial charge in [0.2, 0.25) is 0 Å². The minimum atomic E-state index is 0.0795. The van der Waals surface area contributed by atoms with Gasteiger partial charge < -0.3 is 4.90 Å². The van der Waals surface area contributed by atoms with Crippen LogP contribution in [0, 0.1) is 5.41 Å². The van der Waals surface area contributed by atoms with E-state index in [2.05, 4.69) is 222 Å². The number of anilines is 2. The lowest BCUT2D eigenvalue weighted by atomic mass is 9.81. The fourth-order valence-corrected chi connectivity index (χ4v) is 8.90. The number of benzene rings is 8. The van der Waals surface area contributed by atoms with Gasteiger partial charge in [-0.25, -0.2) is 0 Å². The summed E-state index contributed by atoms with van der Waals surface area (Å²) < 4.78 is 0. The summed E-state index contributed by atoms with van der Waals surface area (Å²) in [6.07, 6.45) is 6.79. The molecule has 0 aliphatic heterocycles. The van der Waals surface area contributed by atoms with E-state index in [0.29, 0.717) is 0 Å². The summed E-state index contributed by atoms with van der Waals surface area (Å²) in [5, 5.41) is 7.63. The second-order valence-electron chi connectivity index (χ2n) is 17.7. The number of hydrogen-bond acceptors (Lipinski definition) is 1. The van der Waals surface area contributed by atoms with Gasteiger partial charge in [-0.2, -0.15) is 0 Å². The Kier molecular flexibility index (Phi) is 9.21. The van der Waals surface area contributed by atoms with E-state index in [1.54, 1.807) is 0 Å². The molecule has 0 heterocycles. The lowest BCUT2D eigenvalue weighted by molar-refractivity contribution is 0.479. The molecule has 57 heavy (non-hydrogen) atoms. The highest BCUT2D eigenvalue weighted by molar-refractivity contribution is 6.33. The molecule has 0 saturated heterocycles. The molecule has 0 aromatic heterocycles. The van der Waals surface area contributed by atoms with Gasteiger partial charge in [-0.15, -0.1) is 0 Å². The molecule has 0 amide bonds. The SMILES string of the molecule is CC(C)(C)C1=CC=C(N(c2ccc(C(C)(C)C)cc2)c2ccc3c(c2)c2ccccc2c2c(-c4ccccc4)c(-c4ccccc4)cc(-c4ccccc4)c32)CC1. The van der Waals surface area contributed by atoms with Crippen molar-refractivity contribution in [2.45, 2.75) is 59.8 Å². The predicted molar refractivity (Wildman–Crippen MR) is 247 cm³/mol. The van der Waals surface area contributed by atoms with E-state index in [4.69, 9.17) is 0 Å². The summed E-state index contributed by atoms with van der Waals surface area (Å²) in [6, 6.07) is 60.9. The van der Waals surface area contributed by atoms with Crippen LogP contribution in [0.15, 0.2) is 187 Å². The Bertz CT molecular complexity index is 2810. The molecule has 0 atom stereocenters. The van der Waals surface area contributed by atoms with E-state index < -0.39 is 0 Å². The van der Waals surface area contributed by atoms with Crippen LogP contribution in [0.25, 0.3) is 65.7 Å². The van der Waals surface area contributed by atoms with Crippen molar-refractivity contribution in [1.82, 2.24) is 0 Å². The molecular formula is C56H51N. The molecule has 0 N–H and O–H groups in total. The van der Waals surface area contributed by atoms with Crippen LogP contribution in [0.3, 0.4) is 0 Å². The van der Waals surface area contributed by atoms with Gasteiger partial charge >= 0.3 is 0 Å². The third kappa shape index (κ3) is 6.76. The second kappa shape index (κ2) is 14.4. The van der Waals surface area contributed by atoms with Gasteiger partial charge in [0.25, 0.3) is 0 Å². The predicted octanol–water partition coefficient (Wildman–Crippen LogP) is 16.2. The molecule has 280 valence electrons. The third-order valence-corrected chi connectivity index (χ3v) is 11.9. The maximum absolute atomic E-state index is 2.51. The average molecular weight is 738 g/mol. The number of rotatable bonds is 6. The lowest BCUT2D eigenvalue weighted by Crippen LogP contribution is -2.20. The Labute approximate surface area is 338 Å². The summed E-state index contributed by atoms with van der Waals surface area (Å²) in [7, 11) is 0. The first-order valence-electron chi connectivity index (χ1n) is 20.5. The third-order valence-electron chi connectivity index (χ3n) is 11.9. The quantitative estimate of drug-likeness (QED) is 0.154. The largest absolute Gasteiger partial charge is 0.314 e. The van der Waals surface area contributed by atoms with Gasteiger partial charge in [0.1, 0.15) is 0 Å². The van der Waals surface area contributed by atoms with Crippen molar-refractivity contribution in [1.29, 1.82) is 0 Å². The molecule has 1 aliphatic rings. The Morgan fingerprint density at radius 3 is 1.53 bits per heavy atom.